The highest BCUT2D eigenvalue weighted by Crippen LogP contribution is 2.26. The molecular formula is C15H19NO. The van der Waals surface area contributed by atoms with E-state index in [1.165, 1.54) is 30.2 Å². The zero-order valence-electron chi connectivity index (χ0n) is 10.3. The molecule has 1 aromatic heterocycles. The van der Waals surface area contributed by atoms with Gasteiger partial charge in [0.15, 0.2) is 0 Å². The topological polar surface area (TPSA) is 25.2 Å². The molecule has 2 unspecified atom stereocenters. The first-order chi connectivity index (χ1) is 8.34. The van der Waals surface area contributed by atoms with Crippen LogP contribution in [-0.2, 0) is 6.54 Å². The third kappa shape index (κ3) is 2.09. The number of para-hydroxylation sites is 1. The number of hydrogen-bond acceptors (Lipinski definition) is 2. The molecule has 1 saturated carbocycles. The summed E-state index contributed by atoms with van der Waals surface area (Å²) in [5, 5.41) is 4.91. The fourth-order valence-corrected chi connectivity index (χ4v) is 2.86. The molecule has 0 aliphatic heterocycles. The Morgan fingerprint density at radius 2 is 2.18 bits per heavy atom. The Morgan fingerprint density at radius 3 is 3.00 bits per heavy atom. The van der Waals surface area contributed by atoms with E-state index in [0.717, 1.165) is 18.0 Å². The second kappa shape index (κ2) is 4.53. The van der Waals surface area contributed by atoms with Gasteiger partial charge in [-0.05, 0) is 24.8 Å². The maximum Gasteiger partial charge on any atom is 0.134 e. The highest BCUT2D eigenvalue weighted by molar-refractivity contribution is 5.80. The number of fused-ring (bicyclic) bond motifs is 1. The van der Waals surface area contributed by atoms with E-state index in [0.29, 0.717) is 6.04 Å². The van der Waals surface area contributed by atoms with Crippen LogP contribution in [0.1, 0.15) is 31.7 Å². The zero-order valence-corrected chi connectivity index (χ0v) is 10.3. The third-order valence-corrected chi connectivity index (χ3v) is 3.98. The van der Waals surface area contributed by atoms with Crippen molar-refractivity contribution in [3.8, 4) is 0 Å². The summed E-state index contributed by atoms with van der Waals surface area (Å²) in [5.74, 6) is 0.813. The molecule has 1 heterocycles. The summed E-state index contributed by atoms with van der Waals surface area (Å²) in [6.45, 7) is 3.27. The SMILES string of the molecule is CC1CCCC1NCc1coc2ccccc12. The number of rotatable bonds is 3. The van der Waals surface area contributed by atoms with Crippen LogP contribution in [0.4, 0.5) is 0 Å². The predicted molar refractivity (Wildman–Crippen MR) is 69.9 cm³/mol. The van der Waals surface area contributed by atoms with E-state index in [1.54, 1.807) is 0 Å². The van der Waals surface area contributed by atoms with Gasteiger partial charge in [0.25, 0.3) is 0 Å². The number of benzene rings is 1. The van der Waals surface area contributed by atoms with E-state index in [-0.39, 0.29) is 0 Å². The molecular weight excluding hydrogens is 210 g/mol. The molecule has 1 N–H and O–H groups in total. The van der Waals surface area contributed by atoms with Crippen molar-refractivity contribution in [1.82, 2.24) is 5.32 Å². The van der Waals surface area contributed by atoms with Gasteiger partial charge < -0.3 is 9.73 Å². The molecule has 0 bridgehead atoms. The van der Waals surface area contributed by atoms with Crippen molar-refractivity contribution in [3.63, 3.8) is 0 Å². The van der Waals surface area contributed by atoms with Gasteiger partial charge in [0.2, 0.25) is 0 Å². The second-order valence-electron chi connectivity index (χ2n) is 5.15. The van der Waals surface area contributed by atoms with Crippen molar-refractivity contribution < 1.29 is 4.42 Å². The Bertz CT molecular complexity index is 502. The minimum Gasteiger partial charge on any atom is -0.464 e. The summed E-state index contributed by atoms with van der Waals surface area (Å²) in [7, 11) is 0. The lowest BCUT2D eigenvalue weighted by atomic mass is 10.1. The first kappa shape index (κ1) is 10.8. The van der Waals surface area contributed by atoms with Gasteiger partial charge in [-0.2, -0.15) is 0 Å². The minimum absolute atomic E-state index is 0.684. The number of hydrogen-bond donors (Lipinski definition) is 1. The number of nitrogens with one attached hydrogen (secondary N) is 1. The Kier molecular flexibility index (Phi) is 2.89. The van der Waals surface area contributed by atoms with E-state index in [1.807, 2.05) is 18.4 Å². The molecule has 0 radical (unpaired) electrons. The second-order valence-corrected chi connectivity index (χ2v) is 5.15. The molecule has 1 aliphatic rings. The highest BCUT2D eigenvalue weighted by Gasteiger charge is 2.22. The van der Waals surface area contributed by atoms with Gasteiger partial charge in [-0.15, -0.1) is 0 Å². The molecule has 1 aliphatic carbocycles. The van der Waals surface area contributed by atoms with Crippen molar-refractivity contribution in [3.05, 3.63) is 36.1 Å². The Balaban J connectivity index is 1.72. The van der Waals surface area contributed by atoms with Crippen LogP contribution in [-0.4, -0.2) is 6.04 Å². The zero-order chi connectivity index (χ0) is 11.7. The molecule has 90 valence electrons. The summed E-state index contributed by atoms with van der Waals surface area (Å²) >= 11 is 0. The van der Waals surface area contributed by atoms with E-state index in [4.69, 9.17) is 4.42 Å². The van der Waals surface area contributed by atoms with Crippen LogP contribution in [0.25, 0.3) is 11.0 Å². The van der Waals surface area contributed by atoms with Crippen LogP contribution in [0, 0.1) is 5.92 Å². The third-order valence-electron chi connectivity index (χ3n) is 3.98. The molecule has 0 amide bonds. The van der Waals surface area contributed by atoms with Gasteiger partial charge in [0, 0.05) is 23.5 Å². The normalized spacial score (nSPS) is 24.5. The van der Waals surface area contributed by atoms with Crippen molar-refractivity contribution in [2.75, 3.05) is 0 Å². The van der Waals surface area contributed by atoms with Crippen molar-refractivity contribution >= 4 is 11.0 Å². The van der Waals surface area contributed by atoms with E-state index in [9.17, 15) is 0 Å². The summed E-state index contributed by atoms with van der Waals surface area (Å²) in [5.41, 5.74) is 2.27. The lowest BCUT2D eigenvalue weighted by molar-refractivity contribution is 0.425. The molecule has 2 atom stereocenters. The van der Waals surface area contributed by atoms with Gasteiger partial charge in [0.05, 0.1) is 6.26 Å². The van der Waals surface area contributed by atoms with Crippen LogP contribution < -0.4 is 5.32 Å². The average molecular weight is 229 g/mol. The van der Waals surface area contributed by atoms with E-state index >= 15 is 0 Å². The number of furan rings is 1. The van der Waals surface area contributed by atoms with Crippen LogP contribution in [0.5, 0.6) is 0 Å². The molecule has 2 heteroatoms. The first-order valence-electron chi connectivity index (χ1n) is 6.53. The largest absolute Gasteiger partial charge is 0.464 e. The fraction of sp³-hybridized carbons (Fsp3) is 0.467. The highest BCUT2D eigenvalue weighted by atomic mass is 16.3. The van der Waals surface area contributed by atoms with Crippen LogP contribution >= 0.6 is 0 Å². The Hall–Kier alpha value is -1.28. The molecule has 0 saturated heterocycles. The average Bonchev–Trinajstić information content (AvgIpc) is 2.93. The summed E-state index contributed by atoms with van der Waals surface area (Å²) in [4.78, 5) is 0. The van der Waals surface area contributed by atoms with Gasteiger partial charge in [-0.3, -0.25) is 0 Å². The van der Waals surface area contributed by atoms with Crippen LogP contribution in [0.2, 0.25) is 0 Å². The monoisotopic (exact) mass is 229 g/mol. The predicted octanol–water partition coefficient (Wildman–Crippen LogP) is 3.71. The van der Waals surface area contributed by atoms with Crippen molar-refractivity contribution in [1.29, 1.82) is 0 Å². The van der Waals surface area contributed by atoms with Crippen LogP contribution in [0.15, 0.2) is 34.9 Å². The summed E-state index contributed by atoms with van der Waals surface area (Å²) in [6, 6.07) is 8.93. The molecule has 0 spiro atoms. The molecule has 1 aromatic carbocycles. The Labute approximate surface area is 102 Å². The maximum atomic E-state index is 5.55. The molecule has 1 fully saturated rings. The van der Waals surface area contributed by atoms with Crippen molar-refractivity contribution in [2.45, 2.75) is 38.8 Å². The summed E-state index contributed by atoms with van der Waals surface area (Å²) in [6.07, 6.45) is 5.93. The van der Waals surface area contributed by atoms with Crippen molar-refractivity contribution in [2.24, 2.45) is 5.92 Å². The van der Waals surface area contributed by atoms with Gasteiger partial charge in [-0.25, -0.2) is 0 Å². The van der Waals surface area contributed by atoms with Gasteiger partial charge >= 0.3 is 0 Å². The lowest BCUT2D eigenvalue weighted by Gasteiger charge is -2.16. The molecule has 2 aromatic rings. The Morgan fingerprint density at radius 1 is 1.29 bits per heavy atom. The molecule has 2 nitrogen and oxygen atoms in total. The molecule has 3 rings (SSSR count). The van der Waals surface area contributed by atoms with Gasteiger partial charge in [-0.1, -0.05) is 31.5 Å². The first-order valence-corrected chi connectivity index (χ1v) is 6.53. The van der Waals surface area contributed by atoms with Gasteiger partial charge in [0.1, 0.15) is 5.58 Å². The fourth-order valence-electron chi connectivity index (χ4n) is 2.86. The van der Waals surface area contributed by atoms with E-state index < -0.39 is 0 Å². The van der Waals surface area contributed by atoms with E-state index in [2.05, 4.69) is 24.4 Å². The molecule has 17 heavy (non-hydrogen) atoms. The maximum absolute atomic E-state index is 5.55. The quantitative estimate of drug-likeness (QED) is 0.868. The smallest absolute Gasteiger partial charge is 0.134 e. The minimum atomic E-state index is 0.684. The standard InChI is InChI=1S/C15H19NO/c1-11-5-4-7-14(11)16-9-12-10-17-15-8-3-2-6-13(12)15/h2-3,6,8,10-11,14,16H,4-5,7,9H2,1H3. The summed E-state index contributed by atoms with van der Waals surface area (Å²) < 4.78 is 5.55. The van der Waals surface area contributed by atoms with Crippen LogP contribution in [0.3, 0.4) is 0 Å². The lowest BCUT2D eigenvalue weighted by Crippen LogP contribution is -2.30.